The molecular formula is C74H146NO8P. The summed E-state index contributed by atoms with van der Waals surface area (Å²) in [6, 6.07) is 0. The van der Waals surface area contributed by atoms with Crippen molar-refractivity contribution in [1.82, 2.24) is 0 Å². The molecule has 0 spiro atoms. The summed E-state index contributed by atoms with van der Waals surface area (Å²) in [6.45, 7) is 3.84. The van der Waals surface area contributed by atoms with E-state index in [9.17, 15) is 19.0 Å². The molecule has 0 radical (unpaired) electrons. The van der Waals surface area contributed by atoms with Crippen molar-refractivity contribution in [2.24, 2.45) is 5.73 Å². The molecule has 0 aliphatic carbocycles. The van der Waals surface area contributed by atoms with Gasteiger partial charge in [-0.1, -0.05) is 379 Å². The summed E-state index contributed by atoms with van der Waals surface area (Å²) in [5.41, 5.74) is 5.41. The van der Waals surface area contributed by atoms with E-state index in [1.165, 1.54) is 353 Å². The van der Waals surface area contributed by atoms with E-state index in [2.05, 4.69) is 26.0 Å². The zero-order valence-corrected chi connectivity index (χ0v) is 57.3. The third kappa shape index (κ3) is 69.8. The maximum atomic E-state index is 12.8. The van der Waals surface area contributed by atoms with Gasteiger partial charge in [0.05, 0.1) is 13.2 Å². The number of carbonyl (C=O) groups is 2. The van der Waals surface area contributed by atoms with Gasteiger partial charge in [-0.25, -0.2) is 4.57 Å². The molecule has 0 bridgehead atoms. The van der Waals surface area contributed by atoms with Gasteiger partial charge < -0.3 is 20.1 Å². The Morgan fingerprint density at radius 3 is 0.845 bits per heavy atom. The van der Waals surface area contributed by atoms with Gasteiger partial charge in [-0.15, -0.1) is 0 Å². The molecule has 0 aliphatic rings. The van der Waals surface area contributed by atoms with Crippen LogP contribution in [0, 0.1) is 0 Å². The number of hydrogen-bond donors (Lipinski definition) is 2. The average molecular weight is 1210 g/mol. The predicted molar refractivity (Wildman–Crippen MR) is 363 cm³/mol. The van der Waals surface area contributed by atoms with E-state index >= 15 is 0 Å². The second-order valence-corrected chi connectivity index (χ2v) is 27.3. The summed E-state index contributed by atoms with van der Waals surface area (Å²) in [5.74, 6) is -0.798. The van der Waals surface area contributed by atoms with Crippen molar-refractivity contribution in [3.05, 3.63) is 12.2 Å². The molecule has 0 rings (SSSR count). The first-order valence-corrected chi connectivity index (χ1v) is 39.2. The Morgan fingerprint density at radius 1 is 0.345 bits per heavy atom. The summed E-state index contributed by atoms with van der Waals surface area (Å²) in [6.07, 6.45) is 86.3. The number of carbonyl (C=O) groups excluding carboxylic acids is 2. The summed E-state index contributed by atoms with van der Waals surface area (Å²) in [7, 11) is -4.39. The fourth-order valence-corrected chi connectivity index (χ4v) is 12.6. The Labute approximate surface area is 523 Å². The van der Waals surface area contributed by atoms with Crippen molar-refractivity contribution in [3.8, 4) is 0 Å². The van der Waals surface area contributed by atoms with Gasteiger partial charge in [0, 0.05) is 19.4 Å². The van der Waals surface area contributed by atoms with Crippen LogP contribution in [0.4, 0.5) is 0 Å². The molecule has 3 N–H and O–H groups in total. The van der Waals surface area contributed by atoms with E-state index in [-0.39, 0.29) is 38.6 Å². The smallest absolute Gasteiger partial charge is 0.462 e. The molecule has 0 saturated carbocycles. The van der Waals surface area contributed by atoms with Crippen molar-refractivity contribution >= 4 is 19.8 Å². The fraction of sp³-hybridized carbons (Fsp3) is 0.946. The van der Waals surface area contributed by atoms with Crippen LogP contribution in [0.5, 0.6) is 0 Å². The fourth-order valence-electron chi connectivity index (χ4n) is 11.8. The number of nitrogens with two attached hydrogens (primary N) is 1. The van der Waals surface area contributed by atoms with Crippen LogP contribution in [-0.2, 0) is 32.7 Å². The van der Waals surface area contributed by atoms with Crippen LogP contribution >= 0.6 is 7.82 Å². The first-order valence-electron chi connectivity index (χ1n) is 37.7. The molecule has 0 saturated heterocycles. The minimum atomic E-state index is -4.39. The first kappa shape index (κ1) is 82.8. The lowest BCUT2D eigenvalue weighted by molar-refractivity contribution is -0.161. The average Bonchev–Trinajstić information content (AvgIpc) is 3.58. The van der Waals surface area contributed by atoms with Gasteiger partial charge in [0.2, 0.25) is 0 Å². The Kier molecular flexibility index (Phi) is 69.8. The molecule has 10 heteroatoms. The highest BCUT2D eigenvalue weighted by Gasteiger charge is 2.26. The van der Waals surface area contributed by atoms with Crippen LogP contribution in [0.3, 0.4) is 0 Å². The third-order valence-corrected chi connectivity index (χ3v) is 18.4. The standard InChI is InChI=1S/C74H146NO8P/c1-3-5-7-9-11-13-15-17-19-21-23-25-27-29-31-32-33-34-35-36-37-38-39-40-41-43-45-47-49-51-53-55-57-59-61-63-65-67-74(77)83-72(71-82-84(78,79)81-69-68-75)70-80-73(76)66-64-62-60-58-56-54-52-50-48-46-44-42-30-28-26-24-22-20-18-16-14-12-10-8-6-4-2/h21,23,72H,3-20,22,24-71,75H2,1-2H3,(H,78,79)/b23-21-. The number of allylic oxidation sites excluding steroid dienone is 2. The SMILES string of the molecule is CCCCCCCCCC/C=C\CCCCCCCCCCCCCCCCCCCCCCCCCCCC(=O)OC(COC(=O)CCCCCCCCCCCCCCCCCCCCCCCCCCCC)COP(=O)(O)OCCN. The molecule has 0 aromatic rings. The number of phosphoric ester groups is 1. The highest BCUT2D eigenvalue weighted by molar-refractivity contribution is 7.47. The summed E-state index contributed by atoms with van der Waals surface area (Å²) in [4.78, 5) is 35.4. The zero-order chi connectivity index (χ0) is 60.9. The van der Waals surface area contributed by atoms with Crippen LogP contribution in [0.1, 0.15) is 418 Å². The van der Waals surface area contributed by atoms with E-state index in [0.29, 0.717) is 6.42 Å². The lowest BCUT2D eigenvalue weighted by Gasteiger charge is -2.19. The molecule has 0 aromatic carbocycles. The summed E-state index contributed by atoms with van der Waals surface area (Å²) in [5, 5.41) is 0. The normalized spacial score (nSPS) is 12.9. The molecule has 2 atom stereocenters. The van der Waals surface area contributed by atoms with Gasteiger partial charge in [0.15, 0.2) is 6.10 Å². The molecule has 0 fully saturated rings. The van der Waals surface area contributed by atoms with Crippen molar-refractivity contribution in [2.45, 2.75) is 424 Å². The largest absolute Gasteiger partial charge is 0.472 e. The Balaban J connectivity index is 3.75. The maximum absolute atomic E-state index is 12.8. The van der Waals surface area contributed by atoms with Crippen LogP contribution in [0.2, 0.25) is 0 Å². The minimum absolute atomic E-state index is 0.0582. The van der Waals surface area contributed by atoms with E-state index in [1.807, 2.05) is 0 Å². The van der Waals surface area contributed by atoms with Crippen molar-refractivity contribution < 1.29 is 37.6 Å². The second-order valence-electron chi connectivity index (χ2n) is 25.9. The van der Waals surface area contributed by atoms with Gasteiger partial charge in [-0.2, -0.15) is 0 Å². The third-order valence-electron chi connectivity index (χ3n) is 17.4. The number of rotatable bonds is 73. The predicted octanol–water partition coefficient (Wildman–Crippen LogP) is 24.7. The number of unbranched alkanes of at least 4 members (excludes halogenated alkanes) is 58. The van der Waals surface area contributed by atoms with Crippen LogP contribution < -0.4 is 5.73 Å². The Hall–Kier alpha value is -1.25. The summed E-state index contributed by atoms with van der Waals surface area (Å²) >= 11 is 0. The molecule has 2 unspecified atom stereocenters. The number of esters is 2. The van der Waals surface area contributed by atoms with E-state index in [4.69, 9.17) is 24.3 Å². The first-order chi connectivity index (χ1) is 41.3. The monoisotopic (exact) mass is 1210 g/mol. The van der Waals surface area contributed by atoms with Crippen molar-refractivity contribution in [2.75, 3.05) is 26.4 Å². The minimum Gasteiger partial charge on any atom is -0.462 e. The molecule has 0 aliphatic heterocycles. The highest BCUT2D eigenvalue weighted by atomic mass is 31.2. The molecule has 9 nitrogen and oxygen atoms in total. The van der Waals surface area contributed by atoms with Crippen LogP contribution in [-0.4, -0.2) is 49.3 Å². The maximum Gasteiger partial charge on any atom is 0.472 e. The van der Waals surface area contributed by atoms with Crippen LogP contribution in [0.25, 0.3) is 0 Å². The Morgan fingerprint density at radius 2 is 0.583 bits per heavy atom. The van der Waals surface area contributed by atoms with E-state index < -0.39 is 26.5 Å². The molecular weight excluding hydrogens is 1060 g/mol. The summed E-state index contributed by atoms with van der Waals surface area (Å²) < 4.78 is 33.2. The second kappa shape index (κ2) is 70.8. The van der Waals surface area contributed by atoms with Gasteiger partial charge in [-0.3, -0.25) is 18.6 Å². The van der Waals surface area contributed by atoms with Crippen LogP contribution in [0.15, 0.2) is 12.2 Å². The topological polar surface area (TPSA) is 134 Å². The molecule has 0 amide bonds. The van der Waals surface area contributed by atoms with E-state index in [0.717, 1.165) is 32.1 Å². The zero-order valence-electron chi connectivity index (χ0n) is 56.4. The van der Waals surface area contributed by atoms with E-state index in [1.54, 1.807) is 0 Å². The quantitative estimate of drug-likeness (QED) is 0.0264. The Bertz CT molecular complexity index is 1380. The van der Waals surface area contributed by atoms with Gasteiger partial charge in [-0.05, 0) is 38.5 Å². The number of hydrogen-bond acceptors (Lipinski definition) is 8. The lowest BCUT2D eigenvalue weighted by atomic mass is 10.0. The van der Waals surface area contributed by atoms with Gasteiger partial charge in [0.1, 0.15) is 6.61 Å². The van der Waals surface area contributed by atoms with Crippen molar-refractivity contribution in [1.29, 1.82) is 0 Å². The van der Waals surface area contributed by atoms with Crippen molar-refractivity contribution in [3.63, 3.8) is 0 Å². The molecule has 500 valence electrons. The number of ether oxygens (including phenoxy) is 2. The van der Waals surface area contributed by atoms with Gasteiger partial charge in [0.25, 0.3) is 0 Å². The number of phosphoric acid groups is 1. The molecule has 0 aromatic heterocycles. The molecule has 84 heavy (non-hydrogen) atoms. The lowest BCUT2D eigenvalue weighted by Crippen LogP contribution is -2.29. The van der Waals surface area contributed by atoms with Gasteiger partial charge >= 0.3 is 19.8 Å². The highest BCUT2D eigenvalue weighted by Crippen LogP contribution is 2.43. The molecule has 0 heterocycles.